The van der Waals surface area contributed by atoms with Gasteiger partial charge in [0.1, 0.15) is 11.6 Å². The molecule has 1 unspecified atom stereocenters. The van der Waals surface area contributed by atoms with Crippen LogP contribution in [0.1, 0.15) is 11.7 Å². The van der Waals surface area contributed by atoms with E-state index in [2.05, 4.69) is 21.2 Å². The second kappa shape index (κ2) is 4.82. The molecule has 0 radical (unpaired) electrons. The molecule has 1 atom stereocenters. The summed E-state index contributed by atoms with van der Waals surface area (Å²) in [4.78, 5) is 0. The van der Waals surface area contributed by atoms with Gasteiger partial charge < -0.3 is 10.4 Å². The van der Waals surface area contributed by atoms with Gasteiger partial charge in [-0.25, -0.2) is 8.78 Å². The molecule has 0 saturated carbocycles. The van der Waals surface area contributed by atoms with Gasteiger partial charge in [-0.1, -0.05) is 0 Å². The average Bonchev–Trinajstić information content (AvgIpc) is 2.13. The molecule has 0 fully saturated rings. The Balaban J connectivity index is 3.11. The fourth-order valence-corrected chi connectivity index (χ4v) is 1.49. The smallest absolute Gasteiger partial charge is 0.146 e. The van der Waals surface area contributed by atoms with Crippen LogP contribution in [0, 0.1) is 11.6 Å². The molecular weight excluding hydrogens is 256 g/mol. The maximum Gasteiger partial charge on any atom is 0.146 e. The molecule has 5 heteroatoms. The van der Waals surface area contributed by atoms with E-state index in [1.54, 1.807) is 7.05 Å². The van der Waals surface area contributed by atoms with E-state index in [0.29, 0.717) is 0 Å². The number of aliphatic hydroxyl groups is 1. The van der Waals surface area contributed by atoms with Crippen LogP contribution in [0.5, 0.6) is 0 Å². The molecule has 78 valence electrons. The summed E-state index contributed by atoms with van der Waals surface area (Å²) in [5.74, 6) is -1.50. The van der Waals surface area contributed by atoms with E-state index >= 15 is 0 Å². The van der Waals surface area contributed by atoms with Gasteiger partial charge in [0.25, 0.3) is 0 Å². The Bertz CT molecular complexity index is 333. The highest BCUT2D eigenvalue weighted by Crippen LogP contribution is 2.26. The van der Waals surface area contributed by atoms with Crippen molar-refractivity contribution >= 4 is 15.9 Å². The molecule has 1 rings (SSSR count). The third-order valence-electron chi connectivity index (χ3n) is 1.81. The molecule has 0 saturated heterocycles. The van der Waals surface area contributed by atoms with E-state index < -0.39 is 17.7 Å². The van der Waals surface area contributed by atoms with Crippen LogP contribution in [0.2, 0.25) is 0 Å². The number of likely N-dealkylation sites (N-methyl/N-ethyl adjacent to an activating group) is 1. The van der Waals surface area contributed by atoms with Gasteiger partial charge in [0.05, 0.1) is 16.1 Å². The summed E-state index contributed by atoms with van der Waals surface area (Å²) < 4.78 is 26.7. The Hall–Kier alpha value is -0.520. The molecule has 0 spiro atoms. The number of hydrogen-bond acceptors (Lipinski definition) is 2. The van der Waals surface area contributed by atoms with Gasteiger partial charge in [0.2, 0.25) is 0 Å². The van der Waals surface area contributed by atoms with Crippen LogP contribution >= 0.6 is 15.9 Å². The Kier molecular flexibility index (Phi) is 3.97. The third kappa shape index (κ3) is 2.29. The van der Waals surface area contributed by atoms with Gasteiger partial charge in [0, 0.05) is 6.54 Å². The maximum atomic E-state index is 13.4. The molecule has 0 bridgehead atoms. The Morgan fingerprint density at radius 1 is 1.50 bits per heavy atom. The molecule has 0 aliphatic rings. The minimum absolute atomic E-state index is 0.101. The van der Waals surface area contributed by atoms with E-state index in [9.17, 15) is 13.9 Å². The number of halogens is 3. The number of benzene rings is 1. The van der Waals surface area contributed by atoms with Crippen molar-refractivity contribution < 1.29 is 13.9 Å². The van der Waals surface area contributed by atoms with Gasteiger partial charge in [-0.15, -0.1) is 0 Å². The summed E-state index contributed by atoms with van der Waals surface area (Å²) in [6, 6.07) is 2.38. The largest absolute Gasteiger partial charge is 0.387 e. The molecule has 2 nitrogen and oxygen atoms in total. The number of rotatable bonds is 3. The van der Waals surface area contributed by atoms with Gasteiger partial charge in [-0.3, -0.25) is 0 Å². The van der Waals surface area contributed by atoms with Crippen LogP contribution in [-0.2, 0) is 0 Å². The first kappa shape index (κ1) is 11.6. The van der Waals surface area contributed by atoms with Crippen LogP contribution in [0.3, 0.4) is 0 Å². The highest BCUT2D eigenvalue weighted by atomic mass is 79.9. The summed E-state index contributed by atoms with van der Waals surface area (Å²) in [6.45, 7) is 0.101. The fraction of sp³-hybridized carbons (Fsp3) is 0.333. The lowest BCUT2D eigenvalue weighted by Crippen LogP contribution is -2.19. The van der Waals surface area contributed by atoms with Crippen molar-refractivity contribution in [3.05, 3.63) is 33.8 Å². The summed E-state index contributed by atoms with van der Waals surface area (Å²) in [6.07, 6.45) is -1.18. The Labute approximate surface area is 89.1 Å². The van der Waals surface area contributed by atoms with Crippen molar-refractivity contribution in [3.8, 4) is 0 Å². The molecule has 1 aromatic carbocycles. The maximum absolute atomic E-state index is 13.4. The summed E-state index contributed by atoms with van der Waals surface area (Å²) >= 11 is 2.93. The topological polar surface area (TPSA) is 32.3 Å². The minimum Gasteiger partial charge on any atom is -0.387 e. The van der Waals surface area contributed by atoms with Gasteiger partial charge in [-0.2, -0.15) is 0 Å². The van der Waals surface area contributed by atoms with Gasteiger partial charge >= 0.3 is 0 Å². The van der Waals surface area contributed by atoms with Crippen LogP contribution < -0.4 is 5.32 Å². The number of aliphatic hydroxyl groups excluding tert-OH is 1. The molecule has 1 aromatic rings. The fourth-order valence-electron chi connectivity index (χ4n) is 1.14. The molecule has 14 heavy (non-hydrogen) atoms. The predicted octanol–water partition coefficient (Wildman–Crippen LogP) is 1.98. The van der Waals surface area contributed by atoms with Crippen molar-refractivity contribution in [2.75, 3.05) is 13.6 Å². The molecule has 0 aliphatic carbocycles. The Morgan fingerprint density at radius 3 is 2.71 bits per heavy atom. The first-order valence-corrected chi connectivity index (χ1v) is 4.83. The minimum atomic E-state index is -1.18. The SMILES string of the molecule is CNCC(O)c1c(F)ccc(Br)c1F. The normalized spacial score (nSPS) is 12.9. The zero-order valence-corrected chi connectivity index (χ0v) is 9.11. The second-order valence-corrected chi connectivity index (χ2v) is 3.68. The quantitative estimate of drug-likeness (QED) is 0.820. The van der Waals surface area contributed by atoms with Crippen LogP contribution in [0.15, 0.2) is 16.6 Å². The molecule has 0 heterocycles. The average molecular weight is 266 g/mol. The monoisotopic (exact) mass is 265 g/mol. The molecule has 0 aromatic heterocycles. The molecule has 0 aliphatic heterocycles. The standard InChI is InChI=1S/C9H10BrF2NO/c1-13-4-7(14)8-6(11)3-2-5(10)9(8)12/h2-3,7,13-14H,4H2,1H3. The lowest BCUT2D eigenvalue weighted by atomic mass is 10.1. The van der Waals surface area contributed by atoms with Crippen molar-refractivity contribution in [1.29, 1.82) is 0 Å². The van der Waals surface area contributed by atoms with Crippen molar-refractivity contribution in [3.63, 3.8) is 0 Å². The zero-order chi connectivity index (χ0) is 10.7. The third-order valence-corrected chi connectivity index (χ3v) is 2.42. The van der Waals surface area contributed by atoms with Crippen molar-refractivity contribution in [2.24, 2.45) is 0 Å². The van der Waals surface area contributed by atoms with Crippen molar-refractivity contribution in [1.82, 2.24) is 5.32 Å². The highest BCUT2D eigenvalue weighted by molar-refractivity contribution is 9.10. The lowest BCUT2D eigenvalue weighted by Gasteiger charge is -2.12. The van der Waals surface area contributed by atoms with Crippen LogP contribution in [0.4, 0.5) is 8.78 Å². The van der Waals surface area contributed by atoms with Gasteiger partial charge in [0.15, 0.2) is 0 Å². The van der Waals surface area contributed by atoms with E-state index in [1.165, 1.54) is 6.07 Å². The van der Waals surface area contributed by atoms with Crippen LogP contribution in [0.25, 0.3) is 0 Å². The van der Waals surface area contributed by atoms with E-state index in [-0.39, 0.29) is 16.6 Å². The Morgan fingerprint density at radius 2 is 2.14 bits per heavy atom. The first-order valence-electron chi connectivity index (χ1n) is 4.04. The van der Waals surface area contributed by atoms with Gasteiger partial charge in [-0.05, 0) is 35.1 Å². The molecule has 2 N–H and O–H groups in total. The summed E-state index contributed by atoms with van der Waals surface area (Å²) in [5.41, 5.74) is -0.311. The first-order chi connectivity index (χ1) is 6.57. The second-order valence-electron chi connectivity index (χ2n) is 2.83. The van der Waals surface area contributed by atoms with E-state index in [0.717, 1.165) is 6.07 Å². The number of hydrogen-bond donors (Lipinski definition) is 2. The summed E-state index contributed by atoms with van der Waals surface area (Å²) in [7, 11) is 1.59. The van der Waals surface area contributed by atoms with Crippen molar-refractivity contribution in [2.45, 2.75) is 6.10 Å². The van der Waals surface area contributed by atoms with E-state index in [1.807, 2.05) is 0 Å². The molecular formula is C9H10BrF2NO. The highest BCUT2D eigenvalue weighted by Gasteiger charge is 2.19. The van der Waals surface area contributed by atoms with E-state index in [4.69, 9.17) is 0 Å². The lowest BCUT2D eigenvalue weighted by molar-refractivity contribution is 0.167. The number of nitrogens with one attached hydrogen (secondary N) is 1. The predicted molar refractivity (Wildman–Crippen MR) is 52.9 cm³/mol. The zero-order valence-electron chi connectivity index (χ0n) is 7.52. The molecule has 0 amide bonds. The summed E-state index contributed by atoms with van der Waals surface area (Å²) in [5, 5.41) is 12.1. The van der Waals surface area contributed by atoms with Crippen LogP contribution in [-0.4, -0.2) is 18.7 Å².